The average Bonchev–Trinajstić information content (AvgIpc) is 2.38. The molecular formula is C11H16N4O3. The molecule has 1 aromatic rings. The van der Waals surface area contributed by atoms with Crippen molar-refractivity contribution >= 4 is 17.3 Å². The minimum atomic E-state index is -0.467. The van der Waals surface area contributed by atoms with Crippen molar-refractivity contribution < 1.29 is 10.0 Å². The lowest BCUT2D eigenvalue weighted by Crippen LogP contribution is -2.42. The summed E-state index contributed by atoms with van der Waals surface area (Å²) in [5, 5.41) is 20.4. The molecule has 98 valence electrons. The van der Waals surface area contributed by atoms with Crippen molar-refractivity contribution in [2.75, 3.05) is 23.8 Å². The molecule has 1 aliphatic rings. The van der Waals surface area contributed by atoms with E-state index in [0.29, 0.717) is 6.54 Å². The Morgan fingerprint density at radius 3 is 3.00 bits per heavy atom. The van der Waals surface area contributed by atoms with Crippen LogP contribution in [0.3, 0.4) is 0 Å². The summed E-state index contributed by atoms with van der Waals surface area (Å²) in [6, 6.07) is 2.66. The summed E-state index contributed by atoms with van der Waals surface area (Å²) in [6.45, 7) is 0.621. The van der Waals surface area contributed by atoms with E-state index in [1.54, 1.807) is 4.90 Å². The number of anilines is 2. The van der Waals surface area contributed by atoms with E-state index in [4.69, 9.17) is 5.73 Å². The third kappa shape index (κ3) is 2.35. The predicted molar refractivity (Wildman–Crippen MR) is 67.4 cm³/mol. The van der Waals surface area contributed by atoms with E-state index in [2.05, 4.69) is 4.98 Å². The second-order valence-electron chi connectivity index (χ2n) is 4.36. The Labute approximate surface area is 104 Å². The number of rotatable bonds is 3. The Morgan fingerprint density at radius 1 is 1.56 bits per heavy atom. The lowest BCUT2D eigenvalue weighted by atomic mass is 10.0. The van der Waals surface area contributed by atoms with Gasteiger partial charge in [0.25, 0.3) is 0 Å². The van der Waals surface area contributed by atoms with Crippen LogP contribution in [0.25, 0.3) is 0 Å². The molecule has 0 bridgehead atoms. The van der Waals surface area contributed by atoms with Gasteiger partial charge in [0.1, 0.15) is 5.82 Å². The number of piperidine rings is 1. The van der Waals surface area contributed by atoms with Crippen LogP contribution in [0.5, 0.6) is 0 Å². The molecule has 2 heterocycles. The molecule has 1 saturated heterocycles. The first-order chi connectivity index (χ1) is 8.63. The topological polar surface area (TPSA) is 106 Å². The van der Waals surface area contributed by atoms with Crippen LogP contribution in [0.1, 0.15) is 19.3 Å². The highest BCUT2D eigenvalue weighted by atomic mass is 16.6. The predicted octanol–water partition coefficient (Wildman–Crippen LogP) is 0.923. The smallest absolute Gasteiger partial charge is 0.311 e. The largest absolute Gasteiger partial charge is 0.394 e. The standard InChI is InChI=1S/C11H16N4O3/c12-10-5-4-9(15(17)18)11(13-10)14-6-2-1-3-8(14)7-16/h4-5,8,16H,1-3,6-7H2,(H2,12,13). The summed E-state index contributed by atoms with van der Waals surface area (Å²) in [5.74, 6) is 0.511. The quantitative estimate of drug-likeness (QED) is 0.612. The average molecular weight is 252 g/mol. The number of nitrogens with zero attached hydrogens (tertiary/aromatic N) is 3. The minimum absolute atomic E-state index is 0.0341. The van der Waals surface area contributed by atoms with E-state index in [0.717, 1.165) is 19.3 Å². The van der Waals surface area contributed by atoms with Crippen molar-refractivity contribution in [2.45, 2.75) is 25.3 Å². The van der Waals surface area contributed by atoms with Gasteiger partial charge in [-0.2, -0.15) is 0 Å². The van der Waals surface area contributed by atoms with Gasteiger partial charge >= 0.3 is 5.69 Å². The van der Waals surface area contributed by atoms with Gasteiger partial charge < -0.3 is 15.7 Å². The number of aromatic nitrogens is 1. The molecule has 1 aromatic heterocycles. The van der Waals surface area contributed by atoms with Gasteiger partial charge in [0.05, 0.1) is 17.6 Å². The fourth-order valence-corrected chi connectivity index (χ4v) is 2.28. The molecule has 3 N–H and O–H groups in total. The highest BCUT2D eigenvalue weighted by Gasteiger charge is 2.29. The van der Waals surface area contributed by atoms with E-state index in [9.17, 15) is 15.2 Å². The van der Waals surface area contributed by atoms with Crippen molar-refractivity contribution in [3.8, 4) is 0 Å². The molecule has 7 heteroatoms. The minimum Gasteiger partial charge on any atom is -0.394 e. The SMILES string of the molecule is Nc1ccc([N+](=O)[O-])c(N2CCCCC2CO)n1. The molecule has 7 nitrogen and oxygen atoms in total. The van der Waals surface area contributed by atoms with Crippen LogP contribution in [0.4, 0.5) is 17.3 Å². The van der Waals surface area contributed by atoms with Crippen LogP contribution < -0.4 is 10.6 Å². The first kappa shape index (κ1) is 12.6. The summed E-state index contributed by atoms with van der Waals surface area (Å²) in [5.41, 5.74) is 5.53. The monoisotopic (exact) mass is 252 g/mol. The van der Waals surface area contributed by atoms with Gasteiger partial charge in [-0.3, -0.25) is 10.1 Å². The van der Waals surface area contributed by atoms with Crippen LogP contribution in [0.2, 0.25) is 0 Å². The molecular weight excluding hydrogens is 236 g/mol. The van der Waals surface area contributed by atoms with Gasteiger partial charge in [-0.05, 0) is 25.3 Å². The number of hydrogen-bond donors (Lipinski definition) is 2. The van der Waals surface area contributed by atoms with Crippen LogP contribution in [0.15, 0.2) is 12.1 Å². The van der Waals surface area contributed by atoms with E-state index < -0.39 is 4.92 Å². The Morgan fingerprint density at radius 2 is 2.33 bits per heavy atom. The molecule has 0 aromatic carbocycles. The molecule has 0 aliphatic carbocycles. The molecule has 1 atom stereocenters. The lowest BCUT2D eigenvalue weighted by molar-refractivity contribution is -0.384. The molecule has 1 fully saturated rings. The van der Waals surface area contributed by atoms with Crippen LogP contribution in [-0.4, -0.2) is 34.2 Å². The van der Waals surface area contributed by atoms with Crippen molar-refractivity contribution in [3.63, 3.8) is 0 Å². The summed E-state index contributed by atoms with van der Waals surface area (Å²) < 4.78 is 0. The molecule has 1 unspecified atom stereocenters. The molecule has 0 spiro atoms. The molecule has 0 radical (unpaired) electrons. The fourth-order valence-electron chi connectivity index (χ4n) is 2.28. The zero-order valence-electron chi connectivity index (χ0n) is 9.95. The van der Waals surface area contributed by atoms with Crippen LogP contribution in [0, 0.1) is 10.1 Å². The van der Waals surface area contributed by atoms with Crippen molar-refractivity contribution in [1.82, 2.24) is 4.98 Å². The normalized spacial score (nSPS) is 19.8. The Bertz CT molecular complexity index is 452. The maximum atomic E-state index is 11.0. The second-order valence-corrected chi connectivity index (χ2v) is 4.36. The maximum Gasteiger partial charge on any atom is 0.311 e. The summed E-state index contributed by atoms with van der Waals surface area (Å²) in [7, 11) is 0. The van der Waals surface area contributed by atoms with E-state index in [-0.39, 0.29) is 30.0 Å². The van der Waals surface area contributed by atoms with Gasteiger partial charge in [0.15, 0.2) is 0 Å². The highest BCUT2D eigenvalue weighted by Crippen LogP contribution is 2.31. The van der Waals surface area contributed by atoms with Crippen molar-refractivity contribution in [1.29, 1.82) is 0 Å². The Hall–Kier alpha value is -1.89. The second kappa shape index (κ2) is 5.18. The number of pyridine rings is 1. The van der Waals surface area contributed by atoms with Gasteiger partial charge in [-0.1, -0.05) is 0 Å². The van der Waals surface area contributed by atoms with E-state index >= 15 is 0 Å². The maximum absolute atomic E-state index is 11.0. The van der Waals surface area contributed by atoms with Crippen LogP contribution >= 0.6 is 0 Å². The first-order valence-electron chi connectivity index (χ1n) is 5.92. The number of aliphatic hydroxyl groups excluding tert-OH is 1. The Balaban J connectivity index is 2.41. The zero-order chi connectivity index (χ0) is 13.1. The molecule has 0 amide bonds. The molecule has 1 aliphatic heterocycles. The van der Waals surface area contributed by atoms with Gasteiger partial charge in [0, 0.05) is 12.6 Å². The lowest BCUT2D eigenvalue weighted by Gasteiger charge is -2.35. The summed E-state index contributed by atoms with van der Waals surface area (Å²) >= 11 is 0. The third-order valence-electron chi connectivity index (χ3n) is 3.18. The number of aliphatic hydroxyl groups is 1. The Kier molecular flexibility index (Phi) is 3.61. The summed E-state index contributed by atoms with van der Waals surface area (Å²) in [4.78, 5) is 16.4. The van der Waals surface area contributed by atoms with Gasteiger partial charge in [-0.15, -0.1) is 0 Å². The van der Waals surface area contributed by atoms with Gasteiger partial charge in [-0.25, -0.2) is 4.98 Å². The van der Waals surface area contributed by atoms with Gasteiger partial charge in [0.2, 0.25) is 5.82 Å². The number of nitrogen functional groups attached to an aromatic ring is 1. The molecule has 18 heavy (non-hydrogen) atoms. The van der Waals surface area contributed by atoms with E-state index in [1.807, 2.05) is 0 Å². The fraction of sp³-hybridized carbons (Fsp3) is 0.545. The van der Waals surface area contributed by atoms with Crippen molar-refractivity contribution in [3.05, 3.63) is 22.2 Å². The van der Waals surface area contributed by atoms with Crippen molar-refractivity contribution in [2.24, 2.45) is 0 Å². The number of hydrogen-bond acceptors (Lipinski definition) is 6. The molecule has 2 rings (SSSR count). The highest BCUT2D eigenvalue weighted by molar-refractivity contribution is 5.61. The number of nitro groups is 1. The third-order valence-corrected chi connectivity index (χ3v) is 3.18. The molecule has 0 saturated carbocycles. The van der Waals surface area contributed by atoms with Crippen LogP contribution in [-0.2, 0) is 0 Å². The summed E-state index contributed by atoms with van der Waals surface area (Å²) in [6.07, 6.45) is 2.76. The number of nitrogens with two attached hydrogens (primary N) is 1. The first-order valence-corrected chi connectivity index (χ1v) is 5.92. The zero-order valence-corrected chi connectivity index (χ0v) is 9.95. The van der Waals surface area contributed by atoms with E-state index in [1.165, 1.54) is 12.1 Å².